The van der Waals surface area contributed by atoms with Gasteiger partial charge >= 0.3 is 5.97 Å². The van der Waals surface area contributed by atoms with Gasteiger partial charge in [0.2, 0.25) is 0 Å². The van der Waals surface area contributed by atoms with E-state index in [9.17, 15) is 4.79 Å². The molecule has 0 saturated heterocycles. The molecule has 3 rings (SSSR count). The zero-order valence-electron chi connectivity index (χ0n) is 13.2. The van der Waals surface area contributed by atoms with Crippen LogP contribution in [0, 0.1) is 6.92 Å². The zero-order chi connectivity index (χ0) is 15.7. The topological polar surface area (TPSA) is 26.3 Å². The lowest BCUT2D eigenvalue weighted by Gasteiger charge is -2.10. The number of benzene rings is 2. The van der Waals surface area contributed by atoms with Gasteiger partial charge in [0.15, 0.2) is 0 Å². The van der Waals surface area contributed by atoms with Crippen molar-refractivity contribution in [2.45, 2.75) is 33.1 Å². The maximum atomic E-state index is 11.7. The van der Waals surface area contributed by atoms with E-state index in [1.165, 1.54) is 31.3 Å². The third kappa shape index (κ3) is 2.61. The fourth-order valence-electron chi connectivity index (χ4n) is 3.07. The number of thiophene rings is 1. The third-order valence-corrected chi connectivity index (χ3v) is 5.57. The van der Waals surface area contributed by atoms with Crippen molar-refractivity contribution in [2.24, 2.45) is 0 Å². The molecular weight excluding hydrogens is 292 g/mol. The minimum atomic E-state index is -0.114. The van der Waals surface area contributed by atoms with Crippen molar-refractivity contribution in [1.29, 1.82) is 0 Å². The first-order valence-corrected chi connectivity index (χ1v) is 8.49. The highest BCUT2D eigenvalue weighted by atomic mass is 32.1. The third-order valence-electron chi connectivity index (χ3n) is 4.08. The summed E-state index contributed by atoms with van der Waals surface area (Å²) in [6, 6.07) is 12.8. The fraction of sp³-hybridized carbons (Fsp3) is 0.316. The summed E-state index contributed by atoms with van der Waals surface area (Å²) in [5, 5.41) is 3.89. The summed E-state index contributed by atoms with van der Waals surface area (Å²) < 4.78 is 6.38. The van der Waals surface area contributed by atoms with Crippen LogP contribution in [0.2, 0.25) is 0 Å². The van der Waals surface area contributed by atoms with Gasteiger partial charge < -0.3 is 4.74 Å². The number of carbonyl (C=O) groups is 1. The van der Waals surface area contributed by atoms with Crippen LogP contribution >= 0.6 is 11.3 Å². The van der Waals surface area contributed by atoms with E-state index in [0.717, 1.165) is 0 Å². The standard InChI is InChI=1S/C19H20O2S/c1-4-21-17(20)11-12(2)19-13(3)18-15-8-6-5-7-14(15)9-10-16(18)22-19/h5-10,12H,4,11H2,1-3H3. The summed E-state index contributed by atoms with van der Waals surface area (Å²) in [5.74, 6) is 0.0759. The van der Waals surface area contributed by atoms with Crippen molar-refractivity contribution in [3.8, 4) is 0 Å². The zero-order valence-corrected chi connectivity index (χ0v) is 14.0. The Kier molecular flexibility index (Phi) is 4.16. The summed E-state index contributed by atoms with van der Waals surface area (Å²) in [6.07, 6.45) is 0.444. The number of rotatable bonds is 4. The fourth-order valence-corrected chi connectivity index (χ4v) is 4.35. The maximum Gasteiger partial charge on any atom is 0.306 e. The van der Waals surface area contributed by atoms with Gasteiger partial charge in [-0.1, -0.05) is 37.3 Å². The largest absolute Gasteiger partial charge is 0.466 e. The normalized spacial score (nSPS) is 12.7. The Morgan fingerprint density at radius 3 is 2.77 bits per heavy atom. The van der Waals surface area contributed by atoms with Gasteiger partial charge in [-0.3, -0.25) is 4.79 Å². The van der Waals surface area contributed by atoms with Crippen molar-refractivity contribution in [2.75, 3.05) is 6.61 Å². The first-order chi connectivity index (χ1) is 10.6. The Morgan fingerprint density at radius 2 is 2.00 bits per heavy atom. The van der Waals surface area contributed by atoms with Crippen molar-refractivity contribution in [1.82, 2.24) is 0 Å². The second-order valence-electron chi connectivity index (χ2n) is 5.66. The molecule has 1 unspecified atom stereocenters. The van der Waals surface area contributed by atoms with Gasteiger partial charge in [0.25, 0.3) is 0 Å². The molecule has 2 nitrogen and oxygen atoms in total. The summed E-state index contributed by atoms with van der Waals surface area (Å²) in [4.78, 5) is 13.0. The van der Waals surface area contributed by atoms with E-state index < -0.39 is 0 Å². The Hall–Kier alpha value is -1.87. The minimum absolute atomic E-state index is 0.114. The van der Waals surface area contributed by atoms with Gasteiger partial charge in [0.05, 0.1) is 13.0 Å². The smallest absolute Gasteiger partial charge is 0.306 e. The van der Waals surface area contributed by atoms with Crippen LogP contribution in [0.5, 0.6) is 0 Å². The molecule has 0 radical (unpaired) electrons. The molecule has 0 spiro atoms. The summed E-state index contributed by atoms with van der Waals surface area (Å²) >= 11 is 1.80. The number of hydrogen-bond donors (Lipinski definition) is 0. The van der Waals surface area contributed by atoms with E-state index in [2.05, 4.69) is 50.2 Å². The van der Waals surface area contributed by atoms with Crippen LogP contribution in [0.1, 0.15) is 36.6 Å². The molecule has 2 aromatic carbocycles. The van der Waals surface area contributed by atoms with Crippen molar-refractivity contribution in [3.05, 3.63) is 46.8 Å². The van der Waals surface area contributed by atoms with Crippen LogP contribution in [0.15, 0.2) is 36.4 Å². The van der Waals surface area contributed by atoms with Crippen molar-refractivity contribution >= 4 is 38.2 Å². The van der Waals surface area contributed by atoms with Crippen LogP contribution in [0.4, 0.5) is 0 Å². The molecule has 114 valence electrons. The van der Waals surface area contributed by atoms with Gasteiger partial charge in [-0.2, -0.15) is 0 Å². The van der Waals surface area contributed by atoms with E-state index >= 15 is 0 Å². The molecule has 0 saturated carbocycles. The number of esters is 1. The highest BCUT2D eigenvalue weighted by Gasteiger charge is 2.19. The lowest BCUT2D eigenvalue weighted by molar-refractivity contribution is -0.143. The number of fused-ring (bicyclic) bond motifs is 3. The molecular formula is C19H20O2S. The van der Waals surface area contributed by atoms with Crippen molar-refractivity contribution < 1.29 is 9.53 Å². The van der Waals surface area contributed by atoms with Crippen LogP contribution in [0.25, 0.3) is 20.9 Å². The molecule has 3 aromatic rings. The Bertz CT molecular complexity index is 832. The molecule has 1 heterocycles. The molecule has 0 amide bonds. The molecule has 22 heavy (non-hydrogen) atoms. The van der Waals surface area contributed by atoms with Gasteiger partial charge in [0.1, 0.15) is 0 Å². The number of carbonyl (C=O) groups excluding carboxylic acids is 1. The molecule has 0 aliphatic heterocycles. The lowest BCUT2D eigenvalue weighted by atomic mass is 9.98. The highest BCUT2D eigenvalue weighted by molar-refractivity contribution is 7.19. The average Bonchev–Trinajstić information content (AvgIpc) is 2.85. The molecule has 0 fully saturated rings. The van der Waals surface area contributed by atoms with E-state index in [4.69, 9.17) is 4.74 Å². The number of aryl methyl sites for hydroxylation is 1. The molecule has 0 bridgehead atoms. The molecule has 0 aliphatic rings. The first kappa shape index (κ1) is 15.0. The van der Waals surface area contributed by atoms with Crippen LogP contribution in [-0.2, 0) is 9.53 Å². The van der Waals surface area contributed by atoms with Gasteiger partial charge in [0, 0.05) is 20.9 Å². The SMILES string of the molecule is CCOC(=O)CC(C)c1sc2ccc3ccccc3c2c1C. The second kappa shape index (κ2) is 6.09. The average molecular weight is 312 g/mol. The summed E-state index contributed by atoms with van der Waals surface area (Å²) in [7, 11) is 0. The van der Waals surface area contributed by atoms with Crippen LogP contribution in [0.3, 0.4) is 0 Å². The van der Waals surface area contributed by atoms with E-state index in [1.54, 1.807) is 11.3 Å². The summed E-state index contributed by atoms with van der Waals surface area (Å²) in [6.45, 7) is 6.57. The Labute approximate surface area is 134 Å². The van der Waals surface area contributed by atoms with Crippen molar-refractivity contribution in [3.63, 3.8) is 0 Å². The number of hydrogen-bond acceptors (Lipinski definition) is 3. The monoisotopic (exact) mass is 312 g/mol. The maximum absolute atomic E-state index is 11.7. The quantitative estimate of drug-likeness (QED) is 0.601. The highest BCUT2D eigenvalue weighted by Crippen LogP contribution is 2.40. The predicted molar refractivity (Wildman–Crippen MR) is 93.7 cm³/mol. The van der Waals surface area contributed by atoms with E-state index in [1.807, 2.05) is 6.92 Å². The molecule has 0 aliphatic carbocycles. The molecule has 0 N–H and O–H groups in total. The lowest BCUT2D eigenvalue weighted by Crippen LogP contribution is -2.08. The second-order valence-corrected chi connectivity index (χ2v) is 6.75. The predicted octanol–water partition coefficient (Wildman–Crippen LogP) is 5.42. The van der Waals surface area contributed by atoms with Gasteiger partial charge in [-0.05, 0) is 36.2 Å². The summed E-state index contributed by atoms with van der Waals surface area (Å²) in [5.41, 5.74) is 1.30. The minimum Gasteiger partial charge on any atom is -0.466 e. The van der Waals surface area contributed by atoms with Gasteiger partial charge in [-0.25, -0.2) is 0 Å². The van der Waals surface area contributed by atoms with Crippen LogP contribution in [-0.4, -0.2) is 12.6 Å². The molecule has 1 aromatic heterocycles. The Balaban J connectivity index is 2.06. The number of ether oxygens (including phenoxy) is 1. The Morgan fingerprint density at radius 1 is 1.23 bits per heavy atom. The molecule has 1 atom stereocenters. The van der Waals surface area contributed by atoms with Gasteiger partial charge in [-0.15, -0.1) is 11.3 Å². The first-order valence-electron chi connectivity index (χ1n) is 7.68. The van der Waals surface area contributed by atoms with E-state index in [-0.39, 0.29) is 11.9 Å². The van der Waals surface area contributed by atoms with Crippen LogP contribution < -0.4 is 0 Å². The molecule has 3 heteroatoms. The van der Waals surface area contributed by atoms with E-state index in [0.29, 0.717) is 13.0 Å².